The van der Waals surface area contributed by atoms with Crippen LogP contribution >= 0.6 is 11.6 Å². The molecule has 13 nitrogen and oxygen atoms in total. The molecule has 16 heteroatoms. The number of piperazine rings is 1. The Kier molecular flexibility index (Phi) is 8.88. The van der Waals surface area contributed by atoms with E-state index in [1.165, 1.54) is 12.3 Å². The summed E-state index contributed by atoms with van der Waals surface area (Å²) < 4.78 is 37.6. The highest BCUT2D eigenvalue weighted by atomic mass is 35.5. The zero-order valence-corrected chi connectivity index (χ0v) is 29.0. The Morgan fingerprint density at radius 1 is 1.17 bits per heavy atom. The highest BCUT2D eigenvalue weighted by molar-refractivity contribution is 6.36. The van der Waals surface area contributed by atoms with Crippen molar-refractivity contribution in [1.82, 2.24) is 44.9 Å². The summed E-state index contributed by atoms with van der Waals surface area (Å²) in [5, 5.41) is 18.2. The molecule has 0 saturated carbocycles. The Bertz CT molecular complexity index is 2260. The van der Waals surface area contributed by atoms with Gasteiger partial charge in [0.1, 0.15) is 41.3 Å². The van der Waals surface area contributed by atoms with Crippen molar-refractivity contribution in [1.29, 1.82) is 5.26 Å². The number of aromatic amines is 1. The number of halogens is 3. The average Bonchev–Trinajstić information content (AvgIpc) is 3.83. The van der Waals surface area contributed by atoms with Crippen molar-refractivity contribution >= 4 is 51.2 Å². The molecule has 1 amide bonds. The van der Waals surface area contributed by atoms with Gasteiger partial charge in [-0.25, -0.2) is 18.7 Å². The monoisotopic (exact) mass is 725 g/mol. The predicted octanol–water partition coefficient (Wildman–Crippen LogP) is 5.06. The molecule has 4 aromatic heterocycles. The summed E-state index contributed by atoms with van der Waals surface area (Å²) in [6, 6.07) is 8.58. The first-order chi connectivity index (χ1) is 25.2. The molecule has 5 aromatic rings. The minimum atomic E-state index is -0.949. The van der Waals surface area contributed by atoms with Gasteiger partial charge in [0.05, 0.1) is 45.7 Å². The number of hydrogen-bond acceptors (Lipinski definition) is 11. The van der Waals surface area contributed by atoms with Gasteiger partial charge in [-0.3, -0.25) is 19.8 Å². The Morgan fingerprint density at radius 2 is 2.06 bits per heavy atom. The number of carbonyl (C=O) groups is 1. The lowest BCUT2D eigenvalue weighted by atomic mass is 9.95. The molecule has 7 heterocycles. The fourth-order valence-electron chi connectivity index (χ4n) is 7.78. The van der Waals surface area contributed by atoms with Crippen LogP contribution in [0.2, 0.25) is 5.02 Å². The van der Waals surface area contributed by atoms with Crippen molar-refractivity contribution in [2.75, 3.05) is 44.2 Å². The quantitative estimate of drug-likeness (QED) is 0.214. The molecule has 0 spiro atoms. The molecule has 3 aliphatic heterocycles. The molecule has 1 N–H and O–H groups in total. The first-order valence-corrected chi connectivity index (χ1v) is 17.5. The summed E-state index contributed by atoms with van der Waals surface area (Å²) in [6.45, 7) is 3.88. The highest BCUT2D eigenvalue weighted by Crippen LogP contribution is 2.41. The van der Waals surface area contributed by atoms with Crippen LogP contribution in [-0.2, 0) is 4.79 Å². The molecule has 0 unspecified atom stereocenters. The van der Waals surface area contributed by atoms with Crippen molar-refractivity contribution in [2.45, 2.75) is 50.4 Å². The fourth-order valence-corrected chi connectivity index (χ4v) is 8.04. The molecular formula is C36H34ClF2N11O2. The molecule has 1 aromatic carbocycles. The number of amides is 1. The van der Waals surface area contributed by atoms with E-state index >= 15 is 4.39 Å². The van der Waals surface area contributed by atoms with Gasteiger partial charge in [-0.15, -0.1) is 0 Å². The minimum Gasteiger partial charge on any atom is -0.461 e. The Morgan fingerprint density at radius 3 is 2.90 bits per heavy atom. The number of alkyl halides is 1. The van der Waals surface area contributed by atoms with Crippen LogP contribution in [0.5, 0.6) is 6.01 Å². The summed E-state index contributed by atoms with van der Waals surface area (Å²) in [5.74, 6) is -0.0728. The predicted molar refractivity (Wildman–Crippen MR) is 190 cm³/mol. The molecule has 0 bridgehead atoms. The van der Waals surface area contributed by atoms with Crippen LogP contribution in [-0.4, -0.2) is 108 Å². The lowest BCUT2D eigenvalue weighted by Gasteiger charge is -2.41. The van der Waals surface area contributed by atoms with Crippen molar-refractivity contribution in [3.8, 4) is 23.5 Å². The molecule has 0 radical (unpaired) electrons. The van der Waals surface area contributed by atoms with Crippen LogP contribution in [0.15, 0.2) is 42.7 Å². The standard InChI is InChI=1S/C36H34ClF2N11O2/c1-21-41-12-9-23(43-21)6-7-28(51)50-15-14-48(19-24(50)8-11-40)34-25-17-42-33(32-29-26(37)4-2-5-27(29)46-47-32)30(39)31(25)44-35(45-34)52-20-36-10-3-13-49(36)18-22(38)16-36/h2,4-7,9,12,17,22,24H,3,8,10,13-16,18-20H2,1H3,(H,46,47)/b7-6+/t22-,24+,36+/m1/s1. The van der Waals surface area contributed by atoms with Crippen molar-refractivity contribution in [3.63, 3.8) is 0 Å². The maximum absolute atomic E-state index is 16.7. The van der Waals surface area contributed by atoms with Crippen molar-refractivity contribution in [3.05, 3.63) is 65.1 Å². The first-order valence-electron chi connectivity index (χ1n) is 17.1. The number of nitriles is 1. The number of carbonyl (C=O) groups excluding carboxylic acids is 1. The maximum atomic E-state index is 16.7. The van der Waals surface area contributed by atoms with Gasteiger partial charge < -0.3 is 14.5 Å². The summed E-state index contributed by atoms with van der Waals surface area (Å²) in [4.78, 5) is 41.3. The van der Waals surface area contributed by atoms with Crippen LogP contribution < -0.4 is 9.64 Å². The van der Waals surface area contributed by atoms with Crippen LogP contribution in [0.4, 0.5) is 14.6 Å². The largest absolute Gasteiger partial charge is 0.461 e. The van der Waals surface area contributed by atoms with Gasteiger partial charge >= 0.3 is 6.01 Å². The molecule has 3 fully saturated rings. The molecular weight excluding hydrogens is 692 g/mol. The number of H-pyrrole nitrogens is 1. The number of nitrogens with one attached hydrogen (secondary N) is 1. The van der Waals surface area contributed by atoms with Crippen molar-refractivity contribution in [2.24, 2.45) is 0 Å². The van der Waals surface area contributed by atoms with Gasteiger partial charge in [0.2, 0.25) is 5.91 Å². The minimum absolute atomic E-state index is 0.0396. The molecule has 0 aliphatic carbocycles. The van der Waals surface area contributed by atoms with E-state index in [0.717, 1.165) is 19.4 Å². The van der Waals surface area contributed by atoms with E-state index in [1.807, 2.05) is 4.90 Å². The van der Waals surface area contributed by atoms with Gasteiger partial charge in [0, 0.05) is 56.5 Å². The highest BCUT2D eigenvalue weighted by Gasteiger charge is 2.49. The second-order valence-electron chi connectivity index (χ2n) is 13.5. The second kappa shape index (κ2) is 13.7. The number of fused-ring (bicyclic) bond motifs is 3. The third-order valence-electron chi connectivity index (χ3n) is 10.2. The number of pyridine rings is 1. The number of nitrogens with zero attached hydrogens (tertiary/aromatic N) is 10. The van der Waals surface area contributed by atoms with Crippen molar-refractivity contribution < 1.29 is 18.3 Å². The van der Waals surface area contributed by atoms with Gasteiger partial charge in [-0.1, -0.05) is 17.7 Å². The topological polar surface area (TPSA) is 153 Å². The Labute approximate surface area is 302 Å². The average molecular weight is 726 g/mol. The summed E-state index contributed by atoms with van der Waals surface area (Å²) in [6.07, 6.45) is 7.34. The normalized spacial score (nSPS) is 22.1. The number of hydrogen-bond donors (Lipinski definition) is 1. The van der Waals surface area contributed by atoms with Crippen LogP contribution in [0.1, 0.15) is 37.2 Å². The third kappa shape index (κ3) is 6.15. The summed E-state index contributed by atoms with van der Waals surface area (Å²) >= 11 is 6.51. The first kappa shape index (κ1) is 33.8. The number of aryl methyl sites for hydroxylation is 1. The van der Waals surface area contributed by atoms with Crippen LogP contribution in [0, 0.1) is 24.1 Å². The molecule has 52 heavy (non-hydrogen) atoms. The summed E-state index contributed by atoms with van der Waals surface area (Å²) in [7, 11) is 0. The molecule has 8 rings (SSSR count). The molecule has 3 aliphatic rings. The van der Waals surface area contributed by atoms with Gasteiger partial charge in [-0.05, 0) is 50.6 Å². The number of anilines is 1. The summed E-state index contributed by atoms with van der Waals surface area (Å²) in [5.41, 5.74) is 0.874. The molecule has 3 saturated heterocycles. The van der Waals surface area contributed by atoms with E-state index in [4.69, 9.17) is 21.3 Å². The van der Waals surface area contributed by atoms with E-state index in [1.54, 1.807) is 48.4 Å². The van der Waals surface area contributed by atoms with E-state index in [9.17, 15) is 14.4 Å². The number of rotatable bonds is 8. The Balaban J connectivity index is 1.15. The fraction of sp³-hybridized carbons (Fsp3) is 0.389. The van der Waals surface area contributed by atoms with E-state index in [-0.39, 0.29) is 54.9 Å². The van der Waals surface area contributed by atoms with Gasteiger partial charge in [0.15, 0.2) is 5.82 Å². The molecule has 3 atom stereocenters. The van der Waals surface area contributed by atoms with E-state index < -0.39 is 23.6 Å². The van der Waals surface area contributed by atoms with Crippen LogP contribution in [0.3, 0.4) is 0 Å². The second-order valence-corrected chi connectivity index (χ2v) is 13.9. The van der Waals surface area contributed by atoms with Crippen LogP contribution in [0.25, 0.3) is 39.3 Å². The molecule has 266 valence electrons. The third-order valence-corrected chi connectivity index (χ3v) is 10.5. The number of aromatic nitrogens is 7. The number of benzene rings is 1. The lowest BCUT2D eigenvalue weighted by molar-refractivity contribution is -0.128. The zero-order chi connectivity index (χ0) is 36.0. The Hall–Kier alpha value is -5.33. The van der Waals surface area contributed by atoms with Gasteiger partial charge in [-0.2, -0.15) is 20.3 Å². The lowest BCUT2D eigenvalue weighted by Crippen LogP contribution is -2.55. The van der Waals surface area contributed by atoms with E-state index in [2.05, 4.69) is 41.1 Å². The number of ether oxygens (including phenoxy) is 1. The maximum Gasteiger partial charge on any atom is 0.319 e. The SMILES string of the molecule is Cc1nccc(/C=C/C(=O)N2CCN(c3nc(OC[C@@]45CCCN4C[C@H](F)C5)nc4c(F)c(-c5n[nH]c6cccc(Cl)c56)ncc34)C[C@@H]2CC#N)n1. The zero-order valence-electron chi connectivity index (χ0n) is 28.3. The van der Waals surface area contributed by atoms with Gasteiger partial charge in [0.25, 0.3) is 0 Å². The van der Waals surface area contributed by atoms with E-state index in [0.29, 0.717) is 58.2 Å². The smallest absolute Gasteiger partial charge is 0.319 e.